The van der Waals surface area contributed by atoms with E-state index in [1.807, 2.05) is 6.07 Å². The van der Waals surface area contributed by atoms with Crippen LogP contribution in [0.5, 0.6) is 0 Å². The van der Waals surface area contributed by atoms with Crippen molar-refractivity contribution in [2.75, 3.05) is 11.4 Å². The van der Waals surface area contributed by atoms with Gasteiger partial charge in [-0.3, -0.25) is 4.79 Å². The molecule has 4 nitrogen and oxygen atoms in total. The Morgan fingerprint density at radius 3 is 2.76 bits per heavy atom. The summed E-state index contributed by atoms with van der Waals surface area (Å²) in [6.45, 7) is 0.297. The van der Waals surface area contributed by atoms with E-state index in [2.05, 4.69) is 0 Å². The van der Waals surface area contributed by atoms with Gasteiger partial charge in [0.15, 0.2) is 0 Å². The molecule has 17 heavy (non-hydrogen) atoms. The lowest BCUT2D eigenvalue weighted by Gasteiger charge is -2.15. The molecule has 2 rings (SSSR count). The monoisotopic (exact) mass is 229 g/mol. The number of halogens is 1. The number of anilines is 1. The predicted molar refractivity (Wildman–Crippen MR) is 57.2 cm³/mol. The highest BCUT2D eigenvalue weighted by molar-refractivity contribution is 5.96. The Labute approximate surface area is 97.5 Å². The van der Waals surface area contributed by atoms with Crippen LogP contribution in [0.15, 0.2) is 18.2 Å². The van der Waals surface area contributed by atoms with Crippen molar-refractivity contribution in [3.8, 4) is 12.1 Å². The summed E-state index contributed by atoms with van der Waals surface area (Å²) in [5.74, 6) is -1.12. The third kappa shape index (κ3) is 1.95. The minimum atomic E-state index is -0.611. The molecule has 1 atom stereocenters. The van der Waals surface area contributed by atoms with Gasteiger partial charge in [0.1, 0.15) is 11.9 Å². The SMILES string of the molecule is N#Cc1cc(N2CC(C#N)CC2=O)ccc1F. The van der Waals surface area contributed by atoms with Crippen molar-refractivity contribution in [1.82, 2.24) is 0 Å². The molecule has 0 spiro atoms. The molecule has 0 aliphatic carbocycles. The fourth-order valence-electron chi connectivity index (χ4n) is 1.81. The lowest BCUT2D eigenvalue weighted by Crippen LogP contribution is -2.24. The first-order valence-corrected chi connectivity index (χ1v) is 5.05. The number of rotatable bonds is 1. The van der Waals surface area contributed by atoms with Crippen molar-refractivity contribution in [3.63, 3.8) is 0 Å². The van der Waals surface area contributed by atoms with Gasteiger partial charge in [-0.1, -0.05) is 0 Å². The molecule has 0 radical (unpaired) electrons. The molecule has 1 aromatic carbocycles. The zero-order valence-electron chi connectivity index (χ0n) is 8.85. The van der Waals surface area contributed by atoms with Crippen LogP contribution in [0.25, 0.3) is 0 Å². The summed E-state index contributed by atoms with van der Waals surface area (Å²) in [6, 6.07) is 7.67. The van der Waals surface area contributed by atoms with Gasteiger partial charge in [-0.25, -0.2) is 4.39 Å². The molecule has 5 heteroatoms. The van der Waals surface area contributed by atoms with Crippen LogP contribution in [0.2, 0.25) is 0 Å². The van der Waals surface area contributed by atoms with E-state index in [-0.39, 0.29) is 23.8 Å². The van der Waals surface area contributed by atoms with Gasteiger partial charge in [0, 0.05) is 18.7 Å². The number of hydrogen-bond donors (Lipinski definition) is 0. The van der Waals surface area contributed by atoms with Gasteiger partial charge in [0.05, 0.1) is 17.6 Å². The van der Waals surface area contributed by atoms with Crippen molar-refractivity contribution in [1.29, 1.82) is 10.5 Å². The van der Waals surface area contributed by atoms with E-state index < -0.39 is 5.82 Å². The molecular weight excluding hydrogens is 221 g/mol. The second-order valence-corrected chi connectivity index (χ2v) is 3.81. The molecule has 0 N–H and O–H groups in total. The maximum Gasteiger partial charge on any atom is 0.228 e. The third-order valence-corrected chi connectivity index (χ3v) is 2.69. The summed E-state index contributed by atoms with van der Waals surface area (Å²) >= 11 is 0. The Balaban J connectivity index is 2.34. The molecule has 1 aliphatic rings. The maximum absolute atomic E-state index is 13.1. The zero-order valence-corrected chi connectivity index (χ0v) is 8.85. The first-order valence-electron chi connectivity index (χ1n) is 5.05. The van der Waals surface area contributed by atoms with Crippen LogP contribution < -0.4 is 4.90 Å². The molecular formula is C12H8FN3O. The molecule has 1 heterocycles. The van der Waals surface area contributed by atoms with Crippen LogP contribution in [0.3, 0.4) is 0 Å². The number of carbonyl (C=O) groups excluding carboxylic acids is 1. The number of nitriles is 2. The molecule has 1 fully saturated rings. The zero-order chi connectivity index (χ0) is 12.4. The Morgan fingerprint density at radius 2 is 2.18 bits per heavy atom. The summed E-state index contributed by atoms with van der Waals surface area (Å²) in [5.41, 5.74) is 0.362. The first kappa shape index (κ1) is 11.1. The Bertz CT molecular complexity index is 556. The first-order chi connectivity index (χ1) is 8.15. The highest BCUT2D eigenvalue weighted by Gasteiger charge is 2.30. The molecule has 0 aromatic heterocycles. The van der Waals surface area contributed by atoms with Gasteiger partial charge in [-0.05, 0) is 18.2 Å². The van der Waals surface area contributed by atoms with Crippen LogP contribution in [0.1, 0.15) is 12.0 Å². The highest BCUT2D eigenvalue weighted by Crippen LogP contribution is 2.26. The van der Waals surface area contributed by atoms with Crippen LogP contribution in [-0.4, -0.2) is 12.5 Å². The second kappa shape index (κ2) is 4.23. The summed E-state index contributed by atoms with van der Waals surface area (Å²) in [5, 5.41) is 17.5. The predicted octanol–water partition coefficient (Wildman–Crippen LogP) is 1.57. The fourth-order valence-corrected chi connectivity index (χ4v) is 1.81. The lowest BCUT2D eigenvalue weighted by molar-refractivity contribution is -0.117. The summed E-state index contributed by atoms with van der Waals surface area (Å²) in [7, 11) is 0. The van der Waals surface area contributed by atoms with Crippen molar-refractivity contribution in [3.05, 3.63) is 29.6 Å². The van der Waals surface area contributed by atoms with E-state index in [0.717, 1.165) is 6.07 Å². The number of carbonyl (C=O) groups is 1. The molecule has 84 valence electrons. The second-order valence-electron chi connectivity index (χ2n) is 3.81. The average Bonchev–Trinajstić information content (AvgIpc) is 2.71. The van der Waals surface area contributed by atoms with E-state index in [0.29, 0.717) is 12.2 Å². The van der Waals surface area contributed by atoms with Crippen LogP contribution >= 0.6 is 0 Å². The molecule has 0 bridgehead atoms. The van der Waals surface area contributed by atoms with Crippen LogP contribution in [0.4, 0.5) is 10.1 Å². The standard InChI is InChI=1S/C12H8FN3O/c13-11-2-1-10(4-9(11)6-15)16-7-8(5-14)3-12(16)17/h1-2,4,8H,3,7H2. The lowest BCUT2D eigenvalue weighted by atomic mass is 10.1. The van der Waals surface area contributed by atoms with Crippen molar-refractivity contribution < 1.29 is 9.18 Å². The van der Waals surface area contributed by atoms with Gasteiger partial charge in [0.2, 0.25) is 5.91 Å². The quantitative estimate of drug-likeness (QED) is 0.734. The van der Waals surface area contributed by atoms with Gasteiger partial charge < -0.3 is 4.90 Å². The summed E-state index contributed by atoms with van der Waals surface area (Å²) in [6.07, 6.45) is 0.176. The fraction of sp³-hybridized carbons (Fsp3) is 0.250. The number of nitrogens with zero attached hydrogens (tertiary/aromatic N) is 3. The van der Waals surface area contributed by atoms with Crippen molar-refractivity contribution in [2.45, 2.75) is 6.42 Å². The number of hydrogen-bond acceptors (Lipinski definition) is 3. The highest BCUT2D eigenvalue weighted by atomic mass is 19.1. The minimum absolute atomic E-state index is 0.101. The summed E-state index contributed by atoms with van der Waals surface area (Å²) < 4.78 is 13.1. The molecule has 1 aromatic rings. The van der Waals surface area contributed by atoms with E-state index >= 15 is 0 Å². The Morgan fingerprint density at radius 1 is 1.41 bits per heavy atom. The van der Waals surface area contributed by atoms with Crippen molar-refractivity contribution in [2.24, 2.45) is 5.92 Å². The van der Waals surface area contributed by atoms with Gasteiger partial charge >= 0.3 is 0 Å². The van der Waals surface area contributed by atoms with Crippen LogP contribution in [0, 0.1) is 34.4 Å². The molecule has 1 saturated heterocycles. The largest absolute Gasteiger partial charge is 0.311 e. The maximum atomic E-state index is 13.1. The number of amides is 1. The molecule has 0 saturated carbocycles. The average molecular weight is 229 g/mol. The third-order valence-electron chi connectivity index (χ3n) is 2.69. The Kier molecular flexibility index (Phi) is 2.76. The van der Waals surface area contributed by atoms with Gasteiger partial charge in [0.25, 0.3) is 0 Å². The van der Waals surface area contributed by atoms with Gasteiger partial charge in [-0.15, -0.1) is 0 Å². The van der Waals surface area contributed by atoms with Crippen molar-refractivity contribution >= 4 is 11.6 Å². The van der Waals surface area contributed by atoms with E-state index in [9.17, 15) is 9.18 Å². The molecule has 1 aliphatic heterocycles. The van der Waals surface area contributed by atoms with E-state index in [4.69, 9.17) is 10.5 Å². The summed E-state index contributed by atoms with van der Waals surface area (Å²) in [4.78, 5) is 13.0. The minimum Gasteiger partial charge on any atom is -0.311 e. The smallest absolute Gasteiger partial charge is 0.228 e. The molecule has 1 unspecified atom stereocenters. The van der Waals surface area contributed by atoms with E-state index in [1.165, 1.54) is 17.0 Å². The topological polar surface area (TPSA) is 67.9 Å². The number of benzene rings is 1. The normalized spacial score (nSPS) is 18.9. The Hall–Kier alpha value is -2.40. The molecule has 1 amide bonds. The van der Waals surface area contributed by atoms with Gasteiger partial charge in [-0.2, -0.15) is 10.5 Å². The van der Waals surface area contributed by atoms with Crippen LogP contribution in [-0.2, 0) is 4.79 Å². The van der Waals surface area contributed by atoms with E-state index in [1.54, 1.807) is 6.07 Å².